The molecular formula is C14H14Cl2NO3-. The maximum Gasteiger partial charge on any atom is 0.228 e. The Morgan fingerprint density at radius 2 is 1.75 bits per heavy atom. The second kappa shape index (κ2) is 6.46. The van der Waals surface area contributed by atoms with E-state index in [1.807, 2.05) is 0 Å². The van der Waals surface area contributed by atoms with E-state index < -0.39 is 17.8 Å². The van der Waals surface area contributed by atoms with Gasteiger partial charge in [-0.05, 0) is 31.0 Å². The molecule has 1 aromatic carbocycles. The second-order valence-corrected chi connectivity index (χ2v) is 5.75. The van der Waals surface area contributed by atoms with E-state index >= 15 is 0 Å². The van der Waals surface area contributed by atoms with E-state index in [9.17, 15) is 14.7 Å². The van der Waals surface area contributed by atoms with Gasteiger partial charge >= 0.3 is 0 Å². The normalized spacial score (nSPS) is 22.3. The van der Waals surface area contributed by atoms with Gasteiger partial charge in [0.15, 0.2) is 0 Å². The largest absolute Gasteiger partial charge is 0.550 e. The minimum absolute atomic E-state index is 0.308. The van der Waals surface area contributed by atoms with Gasteiger partial charge in [0.1, 0.15) is 0 Å². The van der Waals surface area contributed by atoms with Crippen molar-refractivity contribution < 1.29 is 14.7 Å². The first kappa shape index (κ1) is 15.1. The Balaban J connectivity index is 2.09. The van der Waals surface area contributed by atoms with Crippen LogP contribution in [0.5, 0.6) is 0 Å². The topological polar surface area (TPSA) is 69.2 Å². The highest BCUT2D eigenvalue weighted by Gasteiger charge is 2.31. The summed E-state index contributed by atoms with van der Waals surface area (Å²) in [5.74, 6) is -2.73. The summed E-state index contributed by atoms with van der Waals surface area (Å²) < 4.78 is 0. The Kier molecular flexibility index (Phi) is 4.89. The average Bonchev–Trinajstić information content (AvgIpc) is 2.43. The second-order valence-electron chi connectivity index (χ2n) is 4.93. The molecule has 1 saturated carbocycles. The quantitative estimate of drug-likeness (QED) is 0.931. The van der Waals surface area contributed by atoms with Gasteiger partial charge < -0.3 is 15.2 Å². The Morgan fingerprint density at radius 3 is 2.35 bits per heavy atom. The summed E-state index contributed by atoms with van der Waals surface area (Å²) in [6.45, 7) is 0. The van der Waals surface area contributed by atoms with Crippen LogP contribution >= 0.6 is 23.2 Å². The van der Waals surface area contributed by atoms with Crippen LogP contribution in [-0.4, -0.2) is 11.9 Å². The van der Waals surface area contributed by atoms with Gasteiger partial charge in [0.2, 0.25) is 5.91 Å². The SMILES string of the molecule is O=C([O-])[C@H]1CCCC[C@H]1C(=O)Nc1ccc(Cl)c(Cl)c1. The van der Waals surface area contributed by atoms with E-state index in [0.717, 1.165) is 12.8 Å². The number of carbonyl (C=O) groups excluding carboxylic acids is 2. The monoisotopic (exact) mass is 314 g/mol. The highest BCUT2D eigenvalue weighted by molar-refractivity contribution is 6.42. The molecule has 0 unspecified atom stereocenters. The summed E-state index contributed by atoms with van der Waals surface area (Å²) in [5, 5.41) is 14.5. The Bertz CT molecular complexity index is 533. The fraction of sp³-hybridized carbons (Fsp3) is 0.429. The summed E-state index contributed by atoms with van der Waals surface area (Å²) in [6.07, 6.45) is 2.71. The van der Waals surface area contributed by atoms with E-state index in [1.165, 1.54) is 0 Å². The van der Waals surface area contributed by atoms with Crippen molar-refractivity contribution in [2.45, 2.75) is 25.7 Å². The summed E-state index contributed by atoms with van der Waals surface area (Å²) in [4.78, 5) is 23.3. The third-order valence-electron chi connectivity index (χ3n) is 3.59. The van der Waals surface area contributed by atoms with Crippen molar-refractivity contribution in [2.75, 3.05) is 5.32 Å². The molecule has 2 rings (SSSR count). The lowest BCUT2D eigenvalue weighted by atomic mass is 9.78. The smallest absolute Gasteiger partial charge is 0.228 e. The fourth-order valence-electron chi connectivity index (χ4n) is 2.54. The van der Waals surface area contributed by atoms with Gasteiger partial charge in [0.25, 0.3) is 0 Å². The molecule has 4 nitrogen and oxygen atoms in total. The number of rotatable bonds is 3. The number of benzene rings is 1. The average molecular weight is 315 g/mol. The molecule has 0 bridgehead atoms. The van der Waals surface area contributed by atoms with Crippen molar-refractivity contribution in [3.8, 4) is 0 Å². The Morgan fingerprint density at radius 1 is 1.10 bits per heavy atom. The van der Waals surface area contributed by atoms with Crippen molar-refractivity contribution in [1.29, 1.82) is 0 Å². The Hall–Kier alpha value is -1.26. The van der Waals surface area contributed by atoms with Gasteiger partial charge in [-0.3, -0.25) is 4.79 Å². The predicted molar refractivity (Wildman–Crippen MR) is 75.5 cm³/mol. The molecule has 0 heterocycles. The number of amides is 1. The van der Waals surface area contributed by atoms with E-state index in [4.69, 9.17) is 23.2 Å². The molecule has 108 valence electrons. The van der Waals surface area contributed by atoms with E-state index in [0.29, 0.717) is 28.6 Å². The minimum Gasteiger partial charge on any atom is -0.550 e. The van der Waals surface area contributed by atoms with Crippen LogP contribution in [0.3, 0.4) is 0 Å². The van der Waals surface area contributed by atoms with Gasteiger partial charge in [-0.1, -0.05) is 36.0 Å². The molecular weight excluding hydrogens is 301 g/mol. The van der Waals surface area contributed by atoms with Gasteiger partial charge in [-0.15, -0.1) is 0 Å². The maximum absolute atomic E-state index is 12.2. The first-order valence-corrected chi connectivity index (χ1v) is 7.21. The summed E-state index contributed by atoms with van der Waals surface area (Å²) in [5.41, 5.74) is 0.507. The molecule has 1 aliphatic carbocycles. The third-order valence-corrected chi connectivity index (χ3v) is 4.33. The van der Waals surface area contributed by atoms with E-state index in [-0.39, 0.29) is 5.91 Å². The molecule has 0 saturated heterocycles. The molecule has 1 N–H and O–H groups in total. The maximum atomic E-state index is 12.2. The molecule has 1 fully saturated rings. The van der Waals surface area contributed by atoms with Crippen LogP contribution in [0.15, 0.2) is 18.2 Å². The van der Waals surface area contributed by atoms with Crippen LogP contribution in [0.25, 0.3) is 0 Å². The molecule has 6 heteroatoms. The third kappa shape index (κ3) is 3.44. The van der Waals surface area contributed by atoms with Crippen LogP contribution in [0.1, 0.15) is 25.7 Å². The molecule has 0 spiro atoms. The number of carboxylic acid groups (broad SMARTS) is 1. The predicted octanol–water partition coefficient (Wildman–Crippen LogP) is 2.49. The molecule has 1 amide bonds. The number of anilines is 1. The summed E-state index contributed by atoms with van der Waals surface area (Å²) in [7, 11) is 0. The molecule has 2 atom stereocenters. The van der Waals surface area contributed by atoms with E-state index in [2.05, 4.69) is 5.32 Å². The van der Waals surface area contributed by atoms with Crippen molar-refractivity contribution >= 4 is 40.8 Å². The van der Waals surface area contributed by atoms with E-state index in [1.54, 1.807) is 18.2 Å². The van der Waals surface area contributed by atoms with Crippen molar-refractivity contribution in [1.82, 2.24) is 0 Å². The zero-order valence-corrected chi connectivity index (χ0v) is 12.2. The minimum atomic E-state index is -1.15. The standard InChI is InChI=1S/C14H15Cl2NO3/c15-11-6-5-8(7-12(11)16)17-13(18)9-3-1-2-4-10(9)14(19)20/h5-7,9-10H,1-4H2,(H,17,18)(H,19,20)/p-1/t9-,10+/m1/s1. The summed E-state index contributed by atoms with van der Waals surface area (Å²) in [6, 6.07) is 4.75. The van der Waals surface area contributed by atoms with Crippen LogP contribution in [0, 0.1) is 11.8 Å². The fourth-order valence-corrected chi connectivity index (χ4v) is 2.83. The van der Waals surface area contributed by atoms with Crippen molar-refractivity contribution in [2.24, 2.45) is 11.8 Å². The Labute approximate surface area is 127 Å². The van der Waals surface area contributed by atoms with Crippen molar-refractivity contribution in [3.05, 3.63) is 28.2 Å². The molecule has 0 radical (unpaired) electrons. The lowest BCUT2D eigenvalue weighted by Crippen LogP contribution is -2.42. The van der Waals surface area contributed by atoms with Crippen LogP contribution in [-0.2, 0) is 9.59 Å². The zero-order chi connectivity index (χ0) is 14.7. The van der Waals surface area contributed by atoms with Gasteiger partial charge in [0.05, 0.1) is 10.0 Å². The zero-order valence-electron chi connectivity index (χ0n) is 10.7. The number of hydrogen-bond acceptors (Lipinski definition) is 3. The highest BCUT2D eigenvalue weighted by Crippen LogP contribution is 2.31. The van der Waals surface area contributed by atoms with Gasteiger partial charge in [0, 0.05) is 23.5 Å². The molecule has 1 aliphatic rings. The lowest BCUT2D eigenvalue weighted by molar-refractivity contribution is -0.313. The van der Waals surface area contributed by atoms with Crippen LogP contribution in [0.4, 0.5) is 5.69 Å². The number of nitrogens with one attached hydrogen (secondary N) is 1. The van der Waals surface area contributed by atoms with Crippen molar-refractivity contribution in [3.63, 3.8) is 0 Å². The number of aliphatic carboxylic acids is 1. The van der Waals surface area contributed by atoms with Crippen LogP contribution in [0.2, 0.25) is 10.0 Å². The highest BCUT2D eigenvalue weighted by atomic mass is 35.5. The first-order valence-electron chi connectivity index (χ1n) is 6.46. The molecule has 0 aromatic heterocycles. The number of carbonyl (C=O) groups is 2. The lowest BCUT2D eigenvalue weighted by Gasteiger charge is -2.31. The molecule has 20 heavy (non-hydrogen) atoms. The number of halogens is 2. The molecule has 1 aromatic rings. The number of carboxylic acids is 1. The first-order chi connectivity index (χ1) is 9.49. The molecule has 0 aliphatic heterocycles. The van der Waals surface area contributed by atoms with Crippen LogP contribution < -0.4 is 10.4 Å². The summed E-state index contributed by atoms with van der Waals surface area (Å²) >= 11 is 11.7. The number of hydrogen-bond donors (Lipinski definition) is 1. The van der Waals surface area contributed by atoms with Gasteiger partial charge in [-0.2, -0.15) is 0 Å². The van der Waals surface area contributed by atoms with Gasteiger partial charge in [-0.25, -0.2) is 0 Å².